The molecule has 140 valence electrons. The van der Waals surface area contributed by atoms with Crippen molar-refractivity contribution in [2.24, 2.45) is 0 Å². The number of alkyl halides is 2. The highest BCUT2D eigenvalue weighted by Gasteiger charge is 2.38. The van der Waals surface area contributed by atoms with E-state index in [0.717, 1.165) is 25.7 Å². The fraction of sp³-hybridized carbons (Fsp3) is 0.619. The van der Waals surface area contributed by atoms with E-state index in [1.165, 1.54) is 11.1 Å². The van der Waals surface area contributed by atoms with E-state index in [1.54, 1.807) is 0 Å². The average Bonchev–Trinajstić information content (AvgIpc) is 2.64. The number of rotatable bonds is 8. The van der Waals surface area contributed by atoms with Gasteiger partial charge in [0.1, 0.15) is 0 Å². The highest BCUT2D eigenvalue weighted by atomic mass is 35.5. The maximum atomic E-state index is 6.89. The van der Waals surface area contributed by atoms with Crippen LogP contribution in [0.15, 0.2) is 47.6 Å². The molecule has 4 heteroatoms. The van der Waals surface area contributed by atoms with Gasteiger partial charge in [0.05, 0.1) is 21.8 Å². The van der Waals surface area contributed by atoms with Crippen LogP contribution >= 0.6 is 23.2 Å². The zero-order chi connectivity index (χ0) is 18.5. The molecular formula is C21H32Cl2N2. The van der Waals surface area contributed by atoms with E-state index < -0.39 is 0 Å². The van der Waals surface area contributed by atoms with Crippen molar-refractivity contribution in [1.82, 2.24) is 10.6 Å². The summed E-state index contributed by atoms with van der Waals surface area (Å²) >= 11 is 13.8. The largest absolute Gasteiger partial charge is 0.296 e. The van der Waals surface area contributed by atoms with E-state index >= 15 is 0 Å². The summed E-state index contributed by atoms with van der Waals surface area (Å²) in [5, 5.41) is 7.29. The lowest BCUT2D eigenvalue weighted by atomic mass is 9.84. The lowest BCUT2D eigenvalue weighted by Gasteiger charge is -2.40. The Morgan fingerprint density at radius 3 is 1.52 bits per heavy atom. The van der Waals surface area contributed by atoms with Crippen molar-refractivity contribution >= 4 is 23.2 Å². The summed E-state index contributed by atoms with van der Waals surface area (Å²) in [6.07, 6.45) is 16.6. The molecule has 0 fully saturated rings. The third kappa shape index (κ3) is 4.42. The predicted octanol–water partition coefficient (Wildman–Crippen LogP) is 5.45. The van der Waals surface area contributed by atoms with Crippen molar-refractivity contribution in [1.29, 1.82) is 0 Å². The molecule has 0 aromatic heterocycles. The number of halogens is 2. The molecule has 0 saturated carbocycles. The highest BCUT2D eigenvalue weighted by Crippen LogP contribution is 2.36. The Labute approximate surface area is 163 Å². The van der Waals surface area contributed by atoms with Gasteiger partial charge in [-0.25, -0.2) is 0 Å². The van der Waals surface area contributed by atoms with E-state index in [0.29, 0.717) is 6.67 Å². The fourth-order valence-corrected chi connectivity index (χ4v) is 4.40. The van der Waals surface area contributed by atoms with Crippen molar-refractivity contribution in [3.8, 4) is 0 Å². The number of hydrogen-bond donors (Lipinski definition) is 2. The molecule has 2 N–H and O–H groups in total. The number of nitrogens with one attached hydrogen (secondary N) is 2. The van der Waals surface area contributed by atoms with Crippen molar-refractivity contribution in [2.45, 2.75) is 75.2 Å². The maximum Gasteiger partial charge on any atom is 0.0817 e. The van der Waals surface area contributed by atoms with Crippen molar-refractivity contribution in [3.63, 3.8) is 0 Å². The van der Waals surface area contributed by atoms with Crippen LogP contribution in [0.5, 0.6) is 0 Å². The third-order valence-electron chi connectivity index (χ3n) is 5.58. The Morgan fingerprint density at radius 2 is 1.20 bits per heavy atom. The summed E-state index contributed by atoms with van der Waals surface area (Å²) in [7, 11) is 0. The first-order valence-corrected chi connectivity index (χ1v) is 10.3. The monoisotopic (exact) mass is 382 g/mol. The predicted molar refractivity (Wildman–Crippen MR) is 111 cm³/mol. The second-order valence-electron chi connectivity index (χ2n) is 6.92. The third-order valence-corrected chi connectivity index (χ3v) is 6.80. The van der Waals surface area contributed by atoms with E-state index in [9.17, 15) is 0 Å². The molecule has 2 nitrogen and oxygen atoms in total. The standard InChI is InChI=1S/C21H32Cl2N2/c1-5-16-11-9-13-20(22,7-3)18(16)24-15-25-19-17(6-2)12-10-14-21(19,23)8-4/h9-14,18-19,24-25H,5-8,15H2,1-4H3. The van der Waals surface area contributed by atoms with Crippen molar-refractivity contribution < 1.29 is 0 Å². The van der Waals surface area contributed by atoms with Crippen molar-refractivity contribution in [2.75, 3.05) is 6.67 Å². The van der Waals surface area contributed by atoms with Gasteiger partial charge in [-0.15, -0.1) is 23.2 Å². The molecule has 0 amide bonds. The number of allylic oxidation sites excluding steroid dienone is 4. The van der Waals surface area contributed by atoms with Gasteiger partial charge in [0, 0.05) is 6.67 Å². The normalized spacial score (nSPS) is 34.8. The molecule has 0 spiro atoms. The summed E-state index contributed by atoms with van der Waals surface area (Å²) < 4.78 is 0. The molecule has 0 aromatic carbocycles. The summed E-state index contributed by atoms with van der Waals surface area (Å²) in [4.78, 5) is -0.721. The second kappa shape index (κ2) is 8.90. The van der Waals surface area contributed by atoms with Crippen LogP contribution in [0.1, 0.15) is 53.4 Å². The van der Waals surface area contributed by atoms with Crippen LogP contribution in [0.3, 0.4) is 0 Å². The first-order chi connectivity index (χ1) is 11.9. The zero-order valence-corrected chi connectivity index (χ0v) is 17.4. The molecule has 4 atom stereocenters. The topological polar surface area (TPSA) is 24.1 Å². The van der Waals surface area contributed by atoms with E-state index in [2.05, 4.69) is 74.8 Å². The molecule has 0 heterocycles. The van der Waals surface area contributed by atoms with Crippen LogP contribution in [-0.4, -0.2) is 28.5 Å². The minimum atomic E-state index is -0.361. The Balaban J connectivity index is 2.07. The van der Waals surface area contributed by atoms with Crippen LogP contribution in [0.25, 0.3) is 0 Å². The van der Waals surface area contributed by atoms with Gasteiger partial charge in [0.15, 0.2) is 0 Å². The van der Waals surface area contributed by atoms with Gasteiger partial charge < -0.3 is 0 Å². The molecule has 2 aliphatic rings. The van der Waals surface area contributed by atoms with Gasteiger partial charge in [0.2, 0.25) is 0 Å². The van der Waals surface area contributed by atoms with Gasteiger partial charge in [-0.3, -0.25) is 10.6 Å². The molecular weight excluding hydrogens is 351 g/mol. The molecule has 0 radical (unpaired) electrons. The Kier molecular flexibility index (Phi) is 7.40. The summed E-state index contributed by atoms with van der Waals surface area (Å²) in [6, 6.07) is 0.280. The van der Waals surface area contributed by atoms with Gasteiger partial charge >= 0.3 is 0 Å². The minimum absolute atomic E-state index is 0.140. The molecule has 0 aromatic rings. The van der Waals surface area contributed by atoms with Crippen LogP contribution in [-0.2, 0) is 0 Å². The first-order valence-electron chi connectivity index (χ1n) is 9.55. The molecule has 2 rings (SSSR count). The van der Waals surface area contributed by atoms with Crippen LogP contribution in [0, 0.1) is 0 Å². The fourth-order valence-electron chi connectivity index (χ4n) is 3.82. The van der Waals surface area contributed by atoms with E-state index in [4.69, 9.17) is 23.2 Å². The molecule has 0 aliphatic heterocycles. The summed E-state index contributed by atoms with van der Waals surface area (Å²) in [5.74, 6) is 0. The van der Waals surface area contributed by atoms with Gasteiger partial charge in [0.25, 0.3) is 0 Å². The molecule has 2 aliphatic carbocycles. The summed E-state index contributed by atoms with van der Waals surface area (Å²) in [5.41, 5.74) is 2.70. The van der Waals surface area contributed by atoms with Gasteiger partial charge in [-0.2, -0.15) is 0 Å². The van der Waals surface area contributed by atoms with Crippen LogP contribution in [0.4, 0.5) is 0 Å². The molecule has 0 saturated heterocycles. The Bertz CT molecular complexity index is 528. The van der Waals surface area contributed by atoms with Crippen LogP contribution < -0.4 is 10.6 Å². The first kappa shape index (κ1) is 20.8. The van der Waals surface area contributed by atoms with Gasteiger partial charge in [-0.05, 0) is 25.7 Å². The molecule has 25 heavy (non-hydrogen) atoms. The molecule has 0 bridgehead atoms. The van der Waals surface area contributed by atoms with Gasteiger partial charge in [-0.1, -0.05) is 75.3 Å². The van der Waals surface area contributed by atoms with Crippen molar-refractivity contribution in [3.05, 3.63) is 47.6 Å². The highest BCUT2D eigenvalue weighted by molar-refractivity contribution is 6.26. The van der Waals surface area contributed by atoms with Crippen LogP contribution in [0.2, 0.25) is 0 Å². The SMILES string of the molecule is CCC1=CC=CC(Cl)(CC)C1NCNC1C(CC)=CC=CC1(Cl)CC. The maximum absolute atomic E-state index is 6.89. The Morgan fingerprint density at radius 1 is 0.800 bits per heavy atom. The smallest absolute Gasteiger partial charge is 0.0817 e. The Hall–Kier alpha value is -0.540. The minimum Gasteiger partial charge on any atom is -0.296 e. The quantitative estimate of drug-likeness (QED) is 0.430. The van der Waals surface area contributed by atoms with E-state index in [1.807, 2.05) is 0 Å². The second-order valence-corrected chi connectivity index (χ2v) is 8.33. The molecule has 4 unspecified atom stereocenters. The summed E-state index contributed by atoms with van der Waals surface area (Å²) in [6.45, 7) is 9.33. The number of hydrogen-bond acceptors (Lipinski definition) is 2. The zero-order valence-electron chi connectivity index (χ0n) is 15.9. The van der Waals surface area contributed by atoms with E-state index in [-0.39, 0.29) is 21.8 Å². The average molecular weight is 383 g/mol. The lowest BCUT2D eigenvalue weighted by molar-refractivity contribution is 0.392. The lowest BCUT2D eigenvalue weighted by Crippen LogP contribution is -2.55.